The average molecular weight is 403 g/mol. The second-order valence-electron chi connectivity index (χ2n) is 5.64. The number of hydrogen-bond donors (Lipinski definition) is 1. The maximum Gasteiger partial charge on any atom is 0.264 e. The Morgan fingerprint density at radius 1 is 1.26 bits per heavy atom. The summed E-state index contributed by atoms with van der Waals surface area (Å²) >= 11 is 7.53. The van der Waals surface area contributed by atoms with Gasteiger partial charge in [-0.3, -0.25) is 4.79 Å². The van der Waals surface area contributed by atoms with Crippen LogP contribution in [0, 0.1) is 0 Å². The summed E-state index contributed by atoms with van der Waals surface area (Å²) in [7, 11) is 0. The van der Waals surface area contributed by atoms with E-state index in [1.165, 1.54) is 11.8 Å². The first-order chi connectivity index (χ1) is 13.1. The predicted molar refractivity (Wildman–Crippen MR) is 106 cm³/mol. The molecule has 8 heteroatoms. The van der Waals surface area contributed by atoms with Gasteiger partial charge in [0.1, 0.15) is 5.75 Å². The van der Waals surface area contributed by atoms with Gasteiger partial charge in [0.2, 0.25) is 6.79 Å². The van der Waals surface area contributed by atoms with E-state index in [0.717, 1.165) is 11.4 Å². The third kappa shape index (κ3) is 3.89. The molecule has 0 bridgehead atoms. The highest BCUT2D eigenvalue weighted by Gasteiger charge is 2.25. The second kappa shape index (κ2) is 7.54. The Hall–Kier alpha value is -2.64. The van der Waals surface area contributed by atoms with Gasteiger partial charge < -0.3 is 19.5 Å². The van der Waals surface area contributed by atoms with Crippen molar-refractivity contribution in [3.05, 3.63) is 51.9 Å². The van der Waals surface area contributed by atoms with E-state index >= 15 is 0 Å². The maximum atomic E-state index is 12.3. The molecule has 1 N–H and O–H groups in total. The summed E-state index contributed by atoms with van der Waals surface area (Å²) < 4.78 is 16.1. The molecule has 0 aromatic heterocycles. The van der Waals surface area contributed by atoms with Gasteiger partial charge in [-0.15, -0.1) is 0 Å². The van der Waals surface area contributed by atoms with Gasteiger partial charge >= 0.3 is 0 Å². The first kappa shape index (κ1) is 17.8. The molecule has 27 heavy (non-hydrogen) atoms. The molecule has 2 aliphatic rings. The highest BCUT2D eigenvalue weighted by Crippen LogP contribution is 2.39. The van der Waals surface area contributed by atoms with Crippen LogP contribution in [0.3, 0.4) is 0 Å². The van der Waals surface area contributed by atoms with E-state index in [0.29, 0.717) is 38.8 Å². The van der Waals surface area contributed by atoms with Crippen LogP contribution in [-0.4, -0.2) is 24.5 Å². The smallest absolute Gasteiger partial charge is 0.264 e. The number of thioether (sulfide) groups is 1. The lowest BCUT2D eigenvalue weighted by molar-refractivity contribution is -0.115. The molecule has 2 aromatic carbocycles. The molecule has 4 rings (SSSR count). The van der Waals surface area contributed by atoms with E-state index in [1.807, 2.05) is 31.2 Å². The van der Waals surface area contributed by atoms with Crippen molar-refractivity contribution in [1.29, 1.82) is 0 Å². The molecule has 2 aliphatic heterocycles. The maximum absolute atomic E-state index is 12.3. The third-order valence-electron chi connectivity index (χ3n) is 3.81. The first-order valence-electron chi connectivity index (χ1n) is 8.24. The minimum absolute atomic E-state index is 0.166. The highest BCUT2D eigenvalue weighted by atomic mass is 35.5. The Morgan fingerprint density at radius 3 is 2.74 bits per heavy atom. The van der Waals surface area contributed by atoms with Crippen molar-refractivity contribution in [3.63, 3.8) is 0 Å². The number of fused-ring (bicyclic) bond motifs is 1. The minimum atomic E-state index is -0.224. The van der Waals surface area contributed by atoms with Crippen LogP contribution < -0.4 is 19.5 Å². The van der Waals surface area contributed by atoms with Gasteiger partial charge in [0.25, 0.3) is 5.91 Å². The molecule has 1 fully saturated rings. The molecule has 0 radical (unpaired) electrons. The van der Waals surface area contributed by atoms with Gasteiger partial charge in [-0.2, -0.15) is 0 Å². The predicted octanol–water partition coefficient (Wildman–Crippen LogP) is 4.36. The number of amides is 1. The van der Waals surface area contributed by atoms with Gasteiger partial charge in [-0.1, -0.05) is 11.6 Å². The molecule has 0 saturated carbocycles. The number of nitrogens with one attached hydrogen (secondary N) is 1. The van der Waals surface area contributed by atoms with Gasteiger partial charge in [0.15, 0.2) is 16.7 Å². The summed E-state index contributed by atoms with van der Waals surface area (Å²) in [5, 5.41) is 3.75. The Morgan fingerprint density at radius 2 is 2.00 bits per heavy atom. The molecule has 2 heterocycles. The first-order valence-corrected chi connectivity index (χ1v) is 9.43. The van der Waals surface area contributed by atoms with Crippen LogP contribution >= 0.6 is 23.4 Å². The van der Waals surface area contributed by atoms with Crippen LogP contribution in [0.5, 0.6) is 17.2 Å². The Bertz CT molecular complexity index is 957. The zero-order chi connectivity index (χ0) is 18.8. The Balaban J connectivity index is 1.54. The molecular formula is C19H15ClN2O4S. The fourth-order valence-electron chi connectivity index (χ4n) is 2.57. The molecule has 1 saturated heterocycles. The molecule has 0 aliphatic carbocycles. The van der Waals surface area contributed by atoms with Crippen molar-refractivity contribution < 1.29 is 19.0 Å². The summed E-state index contributed by atoms with van der Waals surface area (Å²) in [4.78, 5) is 17.2. The summed E-state index contributed by atoms with van der Waals surface area (Å²) in [6.45, 7) is 2.70. The molecule has 1 amide bonds. The zero-order valence-electron chi connectivity index (χ0n) is 14.3. The van der Waals surface area contributed by atoms with Gasteiger partial charge in [-0.05, 0) is 60.7 Å². The number of aliphatic imine (C=N–C) groups is 1. The molecule has 0 atom stereocenters. The van der Waals surface area contributed by atoms with Crippen LogP contribution in [0.4, 0.5) is 5.69 Å². The van der Waals surface area contributed by atoms with E-state index in [-0.39, 0.29) is 12.7 Å². The standard InChI is InChI=1S/C19H15ClN2O4S/c1-2-24-13-5-3-12(4-6-13)21-19-22-18(23)17(27-19)8-11-7-15-16(9-14(11)20)26-10-25-15/h3-9H,2,10H2,1H3,(H,21,22,23)/b17-8+. The van der Waals surface area contributed by atoms with Crippen molar-refractivity contribution in [2.45, 2.75) is 6.92 Å². The molecule has 0 unspecified atom stereocenters. The number of nitrogens with zero attached hydrogens (tertiary/aromatic N) is 1. The number of rotatable bonds is 4. The summed E-state index contributed by atoms with van der Waals surface area (Å²) in [6, 6.07) is 10.8. The van der Waals surface area contributed by atoms with Gasteiger partial charge in [0, 0.05) is 6.07 Å². The van der Waals surface area contributed by atoms with Crippen molar-refractivity contribution >= 4 is 46.2 Å². The van der Waals surface area contributed by atoms with Crippen molar-refractivity contribution in [2.24, 2.45) is 4.99 Å². The highest BCUT2D eigenvalue weighted by molar-refractivity contribution is 8.18. The normalized spacial score (nSPS) is 18.2. The fourth-order valence-corrected chi connectivity index (χ4v) is 3.61. The molecule has 2 aromatic rings. The monoisotopic (exact) mass is 402 g/mol. The molecule has 6 nitrogen and oxygen atoms in total. The second-order valence-corrected chi connectivity index (χ2v) is 7.07. The lowest BCUT2D eigenvalue weighted by Gasteiger charge is -2.02. The van der Waals surface area contributed by atoms with Crippen molar-refractivity contribution in [2.75, 3.05) is 13.4 Å². The van der Waals surface area contributed by atoms with Gasteiger partial charge in [0.05, 0.1) is 22.2 Å². The third-order valence-corrected chi connectivity index (χ3v) is 5.04. The van der Waals surface area contributed by atoms with Crippen LogP contribution in [0.15, 0.2) is 46.3 Å². The van der Waals surface area contributed by atoms with E-state index in [2.05, 4.69) is 10.3 Å². The van der Waals surface area contributed by atoms with E-state index < -0.39 is 0 Å². The molecule has 138 valence electrons. The van der Waals surface area contributed by atoms with E-state index in [1.54, 1.807) is 18.2 Å². The van der Waals surface area contributed by atoms with Gasteiger partial charge in [-0.25, -0.2) is 4.99 Å². The number of amidine groups is 1. The Labute approximate surface area is 165 Å². The number of carbonyl (C=O) groups is 1. The SMILES string of the molecule is CCOc1ccc(N=C2NC(=O)/C(=C\c3cc4c(cc3Cl)OCO4)S2)cc1. The quantitative estimate of drug-likeness (QED) is 0.769. The average Bonchev–Trinajstić information content (AvgIpc) is 3.23. The van der Waals surface area contributed by atoms with E-state index in [4.69, 9.17) is 25.8 Å². The Kier molecular flexibility index (Phi) is 4.96. The number of benzene rings is 2. The number of hydrogen-bond acceptors (Lipinski definition) is 6. The number of carbonyl (C=O) groups excluding carboxylic acids is 1. The summed E-state index contributed by atoms with van der Waals surface area (Å²) in [6.07, 6.45) is 1.71. The topological polar surface area (TPSA) is 69.2 Å². The molecule has 0 spiro atoms. The van der Waals surface area contributed by atoms with Crippen molar-refractivity contribution in [3.8, 4) is 17.2 Å². The summed E-state index contributed by atoms with van der Waals surface area (Å²) in [5.41, 5.74) is 1.41. The van der Waals surface area contributed by atoms with Crippen molar-refractivity contribution in [1.82, 2.24) is 5.32 Å². The lowest BCUT2D eigenvalue weighted by Crippen LogP contribution is -2.19. The molecular weight excluding hydrogens is 388 g/mol. The lowest BCUT2D eigenvalue weighted by atomic mass is 10.2. The number of ether oxygens (including phenoxy) is 3. The fraction of sp³-hybridized carbons (Fsp3) is 0.158. The van der Waals surface area contributed by atoms with E-state index in [9.17, 15) is 4.79 Å². The van der Waals surface area contributed by atoms with Crippen LogP contribution in [0.25, 0.3) is 6.08 Å². The van der Waals surface area contributed by atoms with Crippen LogP contribution in [0.2, 0.25) is 5.02 Å². The summed E-state index contributed by atoms with van der Waals surface area (Å²) in [5.74, 6) is 1.77. The zero-order valence-corrected chi connectivity index (χ0v) is 15.9. The largest absolute Gasteiger partial charge is 0.494 e. The van der Waals surface area contributed by atoms with Crippen LogP contribution in [-0.2, 0) is 4.79 Å². The van der Waals surface area contributed by atoms with Crippen LogP contribution in [0.1, 0.15) is 12.5 Å². The minimum Gasteiger partial charge on any atom is -0.494 e. The number of halogens is 1.